The van der Waals surface area contributed by atoms with Crippen molar-refractivity contribution >= 4 is 48.5 Å². The summed E-state index contributed by atoms with van der Waals surface area (Å²) in [6, 6.07) is 25.3. The van der Waals surface area contributed by atoms with E-state index in [4.69, 9.17) is 18.9 Å². The molecule has 20 heteroatoms. The zero-order valence-corrected chi connectivity index (χ0v) is 37.6. The lowest BCUT2D eigenvalue weighted by Crippen LogP contribution is -2.30. The Balaban J connectivity index is 1.43. The lowest BCUT2D eigenvalue weighted by molar-refractivity contribution is -0.208. The van der Waals surface area contributed by atoms with Crippen molar-refractivity contribution in [1.82, 2.24) is 0 Å². The second-order valence-electron chi connectivity index (χ2n) is 14.4. The van der Waals surface area contributed by atoms with Gasteiger partial charge in [-0.2, -0.15) is 19.2 Å². The standard InChI is InChI=1S/C48H50O20/c1-5-31-9-17-35(18-10-31)41(49)61-65-45(53)57-27-25-39(29-59-47(55)67-63-43(51)37-21-13-33(7-3)14-22-37)40(30-60-48(56)68-64-44(52)38-23-15-34(8-4)16-24-38)26-28-58-46(54)66-62-42(50)36-19-11-32(6-2)12-20-36/h9-24,39-40H,5-8,25-30H2,1-4H3. The molecule has 0 aliphatic carbocycles. The van der Waals surface area contributed by atoms with Crippen molar-refractivity contribution in [3.63, 3.8) is 0 Å². The molecule has 0 N–H and O–H groups in total. The Morgan fingerprint density at radius 2 is 0.544 bits per heavy atom. The van der Waals surface area contributed by atoms with Gasteiger partial charge in [-0.25, -0.2) is 58.3 Å². The normalized spacial score (nSPS) is 11.3. The average molecular weight is 947 g/mol. The van der Waals surface area contributed by atoms with Crippen molar-refractivity contribution in [2.75, 3.05) is 26.4 Å². The van der Waals surface area contributed by atoms with E-state index in [1.165, 1.54) is 48.5 Å². The summed E-state index contributed by atoms with van der Waals surface area (Å²) in [6.07, 6.45) is -3.46. The van der Waals surface area contributed by atoms with Crippen molar-refractivity contribution in [2.24, 2.45) is 11.8 Å². The Morgan fingerprint density at radius 3 is 0.765 bits per heavy atom. The number of carbonyl (C=O) groups is 8. The Kier molecular flexibility index (Phi) is 21.6. The molecule has 68 heavy (non-hydrogen) atoms. The van der Waals surface area contributed by atoms with Crippen LogP contribution in [0.3, 0.4) is 0 Å². The average Bonchev–Trinajstić information content (AvgIpc) is 3.37. The first-order valence-corrected chi connectivity index (χ1v) is 21.4. The molecule has 0 spiro atoms. The molecule has 0 aliphatic rings. The van der Waals surface area contributed by atoms with Gasteiger partial charge in [-0.15, -0.1) is 0 Å². The summed E-state index contributed by atoms with van der Waals surface area (Å²) in [4.78, 5) is 136. The van der Waals surface area contributed by atoms with Crippen LogP contribution in [-0.2, 0) is 83.7 Å². The maximum Gasteiger partial charge on any atom is 0.549 e. The first-order valence-electron chi connectivity index (χ1n) is 21.4. The molecular formula is C48H50O20. The van der Waals surface area contributed by atoms with E-state index < -0.39 is 86.8 Å². The SMILES string of the molecule is CCc1ccc(C(=O)OOC(=O)OCCC(COC(=O)OOC(=O)c2ccc(CC)cc2)C(CCOC(=O)OOC(=O)c2ccc(CC)cc2)COC(=O)OOC(=O)c2ccc(CC)cc2)cc1. The fourth-order valence-corrected chi connectivity index (χ4v) is 5.93. The van der Waals surface area contributed by atoms with E-state index in [2.05, 4.69) is 39.1 Å². The largest absolute Gasteiger partial charge is 0.549 e. The highest BCUT2D eigenvalue weighted by atomic mass is 17.3. The number of ether oxygens (including phenoxy) is 4. The monoisotopic (exact) mass is 946 g/mol. The summed E-state index contributed by atoms with van der Waals surface area (Å²) in [5.41, 5.74) is 4.10. The molecule has 4 aromatic carbocycles. The van der Waals surface area contributed by atoms with Crippen LogP contribution in [0.25, 0.3) is 0 Å². The molecule has 2 atom stereocenters. The third-order valence-electron chi connectivity index (χ3n) is 10.0. The minimum Gasteiger partial charge on any atom is -0.432 e. The number of benzene rings is 4. The highest BCUT2D eigenvalue weighted by Crippen LogP contribution is 2.23. The quantitative estimate of drug-likeness (QED) is 0.0368. The number of carbonyl (C=O) groups excluding carboxylic acids is 8. The fourth-order valence-electron chi connectivity index (χ4n) is 5.93. The smallest absolute Gasteiger partial charge is 0.432 e. The van der Waals surface area contributed by atoms with Crippen LogP contribution in [0.4, 0.5) is 19.2 Å². The van der Waals surface area contributed by atoms with E-state index in [0.717, 1.165) is 35.1 Å². The number of rotatable bonds is 19. The van der Waals surface area contributed by atoms with Gasteiger partial charge in [0.25, 0.3) is 0 Å². The molecule has 0 fully saturated rings. The maximum absolute atomic E-state index is 12.7. The molecule has 0 aliphatic heterocycles. The molecule has 0 bridgehead atoms. The Morgan fingerprint density at radius 1 is 0.324 bits per heavy atom. The van der Waals surface area contributed by atoms with Crippen LogP contribution in [0.1, 0.15) is 104 Å². The van der Waals surface area contributed by atoms with Gasteiger partial charge >= 0.3 is 48.5 Å². The van der Waals surface area contributed by atoms with Crippen LogP contribution in [0, 0.1) is 11.8 Å². The summed E-state index contributed by atoms with van der Waals surface area (Å²) in [6.45, 7) is 5.44. The second-order valence-corrected chi connectivity index (χ2v) is 14.4. The number of hydrogen-bond donors (Lipinski definition) is 0. The number of hydrogen-bond acceptors (Lipinski definition) is 20. The summed E-state index contributed by atoms with van der Waals surface area (Å²) in [7, 11) is 0. The van der Waals surface area contributed by atoms with Crippen LogP contribution >= 0.6 is 0 Å². The Hall–Kier alpha value is -8.16. The molecule has 2 unspecified atom stereocenters. The summed E-state index contributed by atoms with van der Waals surface area (Å²) in [5.74, 6) is -6.03. The van der Waals surface area contributed by atoms with Gasteiger partial charge in [0.1, 0.15) is 0 Å². The van der Waals surface area contributed by atoms with E-state index in [0.29, 0.717) is 12.8 Å². The van der Waals surface area contributed by atoms with Gasteiger partial charge in [0.2, 0.25) is 0 Å². The molecular weight excluding hydrogens is 897 g/mol. The van der Waals surface area contributed by atoms with Gasteiger partial charge < -0.3 is 18.9 Å². The molecule has 4 rings (SSSR count). The van der Waals surface area contributed by atoms with Crippen LogP contribution < -0.4 is 0 Å². The van der Waals surface area contributed by atoms with Gasteiger partial charge in [-0.05, 0) is 109 Å². The van der Waals surface area contributed by atoms with Gasteiger partial charge in [-0.1, -0.05) is 76.2 Å². The minimum atomic E-state index is -1.49. The van der Waals surface area contributed by atoms with Crippen molar-refractivity contribution < 1.29 is 96.4 Å². The summed E-state index contributed by atoms with van der Waals surface area (Å²) in [5, 5.41) is 0. The summed E-state index contributed by atoms with van der Waals surface area (Å²) >= 11 is 0. The Labute approximate surface area is 390 Å². The third-order valence-corrected chi connectivity index (χ3v) is 10.0. The first kappa shape index (κ1) is 52.5. The van der Waals surface area contributed by atoms with Crippen molar-refractivity contribution in [2.45, 2.75) is 66.2 Å². The first-order chi connectivity index (χ1) is 32.8. The van der Waals surface area contributed by atoms with Gasteiger partial charge in [-0.3, -0.25) is 0 Å². The lowest BCUT2D eigenvalue weighted by atomic mass is 9.88. The molecule has 0 amide bonds. The molecule has 0 heterocycles. The maximum atomic E-state index is 12.7. The van der Waals surface area contributed by atoms with Crippen LogP contribution in [-0.4, -0.2) is 74.9 Å². The lowest BCUT2D eigenvalue weighted by Gasteiger charge is -2.25. The second kappa shape index (κ2) is 28.0. The topological polar surface area (TPSA) is 247 Å². The Bertz CT molecular complexity index is 2130. The molecule has 0 saturated carbocycles. The van der Waals surface area contributed by atoms with E-state index in [1.54, 1.807) is 48.5 Å². The predicted octanol–water partition coefficient (Wildman–Crippen LogP) is 8.95. The summed E-state index contributed by atoms with van der Waals surface area (Å²) < 4.78 is 20.5. The van der Waals surface area contributed by atoms with Gasteiger partial charge in [0.15, 0.2) is 0 Å². The predicted molar refractivity (Wildman–Crippen MR) is 231 cm³/mol. The van der Waals surface area contributed by atoms with Crippen LogP contribution in [0.15, 0.2) is 97.1 Å². The highest BCUT2D eigenvalue weighted by Gasteiger charge is 2.29. The molecule has 4 aromatic rings. The van der Waals surface area contributed by atoms with E-state index in [-0.39, 0.29) is 35.1 Å². The van der Waals surface area contributed by atoms with Gasteiger partial charge in [0.05, 0.1) is 48.7 Å². The molecule has 0 radical (unpaired) electrons. The minimum absolute atomic E-state index is 0.0695. The van der Waals surface area contributed by atoms with Crippen LogP contribution in [0.2, 0.25) is 0 Å². The molecule has 0 aromatic heterocycles. The zero-order valence-electron chi connectivity index (χ0n) is 37.6. The third kappa shape index (κ3) is 18.0. The molecule has 20 nitrogen and oxygen atoms in total. The van der Waals surface area contributed by atoms with Crippen molar-refractivity contribution in [3.05, 3.63) is 142 Å². The van der Waals surface area contributed by atoms with E-state index in [1.807, 2.05) is 27.7 Å². The van der Waals surface area contributed by atoms with E-state index in [9.17, 15) is 38.4 Å². The highest BCUT2D eigenvalue weighted by molar-refractivity contribution is 5.91. The van der Waals surface area contributed by atoms with Crippen LogP contribution in [0.5, 0.6) is 0 Å². The van der Waals surface area contributed by atoms with E-state index >= 15 is 0 Å². The van der Waals surface area contributed by atoms with Gasteiger partial charge in [0, 0.05) is 11.8 Å². The molecule has 0 saturated heterocycles. The molecule has 362 valence electrons. The van der Waals surface area contributed by atoms with Crippen molar-refractivity contribution in [1.29, 1.82) is 0 Å². The zero-order chi connectivity index (χ0) is 49.3. The fraction of sp³-hybridized carbons (Fsp3) is 0.333. The number of aryl methyl sites for hydroxylation is 4. The van der Waals surface area contributed by atoms with Crippen molar-refractivity contribution in [3.8, 4) is 0 Å².